The molecule has 90 valence electrons. The van der Waals surface area contributed by atoms with Crippen LogP contribution < -0.4 is 4.74 Å². The summed E-state index contributed by atoms with van der Waals surface area (Å²) in [5, 5.41) is 0.673. The molecular formula is C13H19ClOS. The predicted molar refractivity (Wildman–Crippen MR) is 73.9 cm³/mol. The predicted octanol–water partition coefficient (Wildman–Crippen LogP) is 4.23. The Balaban J connectivity index is 2.63. The fourth-order valence-corrected chi connectivity index (χ4v) is 2.07. The van der Waals surface area contributed by atoms with Crippen molar-refractivity contribution in [1.29, 1.82) is 0 Å². The lowest BCUT2D eigenvalue weighted by Gasteiger charge is -2.19. The smallest absolute Gasteiger partial charge is 0.138 e. The maximum absolute atomic E-state index is 6.06. The highest BCUT2D eigenvalue weighted by atomic mass is 35.5. The number of rotatable bonds is 5. The topological polar surface area (TPSA) is 9.23 Å². The van der Waals surface area contributed by atoms with Gasteiger partial charge in [-0.15, -0.1) is 0 Å². The molecule has 0 amide bonds. The van der Waals surface area contributed by atoms with E-state index in [9.17, 15) is 0 Å². The molecule has 1 unspecified atom stereocenters. The first-order valence-electron chi connectivity index (χ1n) is 5.54. The van der Waals surface area contributed by atoms with E-state index in [0.717, 1.165) is 17.1 Å². The summed E-state index contributed by atoms with van der Waals surface area (Å²) in [5.74, 6) is 2.64. The molecule has 0 heterocycles. The molecule has 0 aliphatic rings. The zero-order chi connectivity index (χ0) is 12.1. The van der Waals surface area contributed by atoms with Crippen LogP contribution in [-0.2, 0) is 0 Å². The van der Waals surface area contributed by atoms with Gasteiger partial charge in [-0.2, -0.15) is 12.6 Å². The van der Waals surface area contributed by atoms with Gasteiger partial charge in [0.2, 0.25) is 0 Å². The van der Waals surface area contributed by atoms with Gasteiger partial charge < -0.3 is 4.74 Å². The van der Waals surface area contributed by atoms with Crippen LogP contribution in [-0.4, -0.2) is 12.4 Å². The Labute approximate surface area is 109 Å². The summed E-state index contributed by atoms with van der Waals surface area (Å²) in [6.07, 6.45) is 0. The normalized spacial score (nSPS) is 12.9. The molecule has 1 aromatic rings. The third-order valence-corrected chi connectivity index (χ3v) is 3.50. The molecule has 1 rings (SSSR count). The summed E-state index contributed by atoms with van der Waals surface area (Å²) in [4.78, 5) is 0. The molecule has 0 aliphatic carbocycles. The van der Waals surface area contributed by atoms with Crippen molar-refractivity contribution in [2.75, 3.05) is 12.4 Å². The van der Waals surface area contributed by atoms with E-state index in [1.54, 1.807) is 0 Å². The first-order valence-corrected chi connectivity index (χ1v) is 6.55. The van der Waals surface area contributed by atoms with Crippen LogP contribution in [0.25, 0.3) is 0 Å². The average Bonchev–Trinajstić information content (AvgIpc) is 2.23. The van der Waals surface area contributed by atoms with Gasteiger partial charge in [0, 0.05) is 5.92 Å². The van der Waals surface area contributed by atoms with Crippen molar-refractivity contribution in [3.05, 3.63) is 28.8 Å². The van der Waals surface area contributed by atoms with Gasteiger partial charge >= 0.3 is 0 Å². The van der Waals surface area contributed by atoms with Crippen LogP contribution in [0.5, 0.6) is 5.75 Å². The molecule has 0 fully saturated rings. The highest BCUT2D eigenvalue weighted by Crippen LogP contribution is 2.26. The van der Waals surface area contributed by atoms with Crippen molar-refractivity contribution >= 4 is 24.2 Å². The van der Waals surface area contributed by atoms with Gasteiger partial charge in [-0.3, -0.25) is 0 Å². The van der Waals surface area contributed by atoms with Gasteiger partial charge in [-0.1, -0.05) is 31.5 Å². The molecule has 1 atom stereocenters. The molecule has 0 aromatic heterocycles. The molecule has 0 spiro atoms. The van der Waals surface area contributed by atoms with Gasteiger partial charge in [0.1, 0.15) is 5.75 Å². The van der Waals surface area contributed by atoms with Crippen molar-refractivity contribution in [3.8, 4) is 5.75 Å². The molecule has 3 heteroatoms. The number of halogens is 1. The molecule has 0 N–H and O–H groups in total. The molecule has 0 bridgehead atoms. The number of thiol groups is 1. The third kappa shape index (κ3) is 3.91. The molecule has 0 radical (unpaired) electrons. The second-order valence-electron chi connectivity index (χ2n) is 4.43. The van der Waals surface area contributed by atoms with E-state index < -0.39 is 0 Å². The fraction of sp³-hybridized carbons (Fsp3) is 0.538. The quantitative estimate of drug-likeness (QED) is 0.778. The maximum atomic E-state index is 6.06. The van der Waals surface area contributed by atoms with Crippen LogP contribution in [0.15, 0.2) is 18.2 Å². The lowest BCUT2D eigenvalue weighted by atomic mass is 9.99. The number of ether oxygens (including phenoxy) is 1. The molecule has 16 heavy (non-hydrogen) atoms. The van der Waals surface area contributed by atoms with E-state index in [4.69, 9.17) is 16.3 Å². The summed E-state index contributed by atoms with van der Waals surface area (Å²) in [7, 11) is 0. The maximum Gasteiger partial charge on any atom is 0.138 e. The van der Waals surface area contributed by atoms with E-state index in [0.29, 0.717) is 23.5 Å². The molecule has 0 saturated heterocycles. The Hall–Kier alpha value is -0.340. The monoisotopic (exact) mass is 258 g/mol. The van der Waals surface area contributed by atoms with Crippen LogP contribution in [0.2, 0.25) is 5.02 Å². The summed E-state index contributed by atoms with van der Waals surface area (Å²) in [5.41, 5.74) is 1.16. The van der Waals surface area contributed by atoms with Gasteiger partial charge in [-0.05, 0) is 36.3 Å². The minimum Gasteiger partial charge on any atom is -0.492 e. The highest BCUT2D eigenvalue weighted by molar-refractivity contribution is 7.80. The van der Waals surface area contributed by atoms with Crippen LogP contribution in [0, 0.1) is 18.8 Å². The standard InChI is InChI=1S/C13H19ClOS/c1-9(2)11(8-16)7-15-13-6-10(3)4-5-12(13)14/h4-6,9,11,16H,7-8H2,1-3H3. The third-order valence-electron chi connectivity index (χ3n) is 2.72. The Morgan fingerprint density at radius 1 is 1.38 bits per heavy atom. The molecule has 0 saturated carbocycles. The number of hydrogen-bond donors (Lipinski definition) is 1. The van der Waals surface area contributed by atoms with Crippen molar-refractivity contribution in [3.63, 3.8) is 0 Å². The fourth-order valence-electron chi connectivity index (χ4n) is 1.37. The largest absolute Gasteiger partial charge is 0.492 e. The van der Waals surface area contributed by atoms with Crippen LogP contribution in [0.4, 0.5) is 0 Å². The van der Waals surface area contributed by atoms with Gasteiger partial charge in [0.05, 0.1) is 11.6 Å². The Morgan fingerprint density at radius 3 is 2.62 bits per heavy atom. The minimum absolute atomic E-state index is 0.458. The molecular weight excluding hydrogens is 240 g/mol. The highest BCUT2D eigenvalue weighted by Gasteiger charge is 2.13. The molecule has 1 aromatic carbocycles. The molecule has 1 nitrogen and oxygen atoms in total. The zero-order valence-electron chi connectivity index (χ0n) is 10.0. The summed E-state index contributed by atoms with van der Waals surface area (Å²) in [6.45, 7) is 7.07. The van der Waals surface area contributed by atoms with Crippen molar-refractivity contribution in [1.82, 2.24) is 0 Å². The average molecular weight is 259 g/mol. The lowest BCUT2D eigenvalue weighted by molar-refractivity contribution is 0.227. The van der Waals surface area contributed by atoms with E-state index in [1.165, 1.54) is 0 Å². The summed E-state index contributed by atoms with van der Waals surface area (Å²) < 4.78 is 5.75. The first kappa shape index (κ1) is 13.7. The Bertz CT molecular complexity index is 339. The number of hydrogen-bond acceptors (Lipinski definition) is 2. The van der Waals surface area contributed by atoms with Crippen molar-refractivity contribution < 1.29 is 4.74 Å². The van der Waals surface area contributed by atoms with E-state index >= 15 is 0 Å². The van der Waals surface area contributed by atoms with E-state index in [1.807, 2.05) is 25.1 Å². The Kier molecular flexibility index (Phi) is 5.50. The zero-order valence-corrected chi connectivity index (χ0v) is 11.7. The van der Waals surface area contributed by atoms with Gasteiger partial charge in [-0.25, -0.2) is 0 Å². The first-order chi connectivity index (χ1) is 7.54. The van der Waals surface area contributed by atoms with Crippen molar-refractivity contribution in [2.45, 2.75) is 20.8 Å². The van der Waals surface area contributed by atoms with Crippen LogP contribution in [0.1, 0.15) is 19.4 Å². The van der Waals surface area contributed by atoms with E-state index in [2.05, 4.69) is 26.5 Å². The minimum atomic E-state index is 0.458. The number of benzene rings is 1. The SMILES string of the molecule is Cc1ccc(Cl)c(OCC(CS)C(C)C)c1. The lowest BCUT2D eigenvalue weighted by Crippen LogP contribution is -2.19. The summed E-state index contributed by atoms with van der Waals surface area (Å²) in [6, 6.07) is 5.82. The summed E-state index contributed by atoms with van der Waals surface area (Å²) >= 11 is 10.4. The second-order valence-corrected chi connectivity index (χ2v) is 5.20. The second kappa shape index (κ2) is 6.41. The van der Waals surface area contributed by atoms with Crippen molar-refractivity contribution in [2.24, 2.45) is 11.8 Å². The van der Waals surface area contributed by atoms with Crippen LogP contribution in [0.3, 0.4) is 0 Å². The van der Waals surface area contributed by atoms with Crippen LogP contribution >= 0.6 is 24.2 Å². The van der Waals surface area contributed by atoms with E-state index in [-0.39, 0.29) is 0 Å². The molecule has 0 aliphatic heterocycles. The van der Waals surface area contributed by atoms with Gasteiger partial charge in [0.25, 0.3) is 0 Å². The van der Waals surface area contributed by atoms with Gasteiger partial charge in [0.15, 0.2) is 0 Å². The number of aryl methyl sites for hydroxylation is 1. The Morgan fingerprint density at radius 2 is 2.06 bits per heavy atom.